The topological polar surface area (TPSA) is 53.0 Å². The molecule has 1 aliphatic heterocycles. The van der Waals surface area contributed by atoms with E-state index in [1.807, 2.05) is 37.5 Å². The number of halogens is 1. The number of hydrogen-bond donors (Lipinski definition) is 1. The fraction of sp³-hybridized carbons (Fsp3) is 0.429. The second-order valence-electron chi connectivity index (χ2n) is 6.56. The number of guanidine groups is 1. The number of pyridine rings is 1. The molecule has 1 fully saturated rings. The Morgan fingerprint density at radius 1 is 1.14 bits per heavy atom. The molecule has 1 N–H and O–H groups in total. The molecule has 1 saturated heterocycles. The summed E-state index contributed by atoms with van der Waals surface area (Å²) in [5, 5.41) is 3.48. The van der Waals surface area contributed by atoms with Crippen molar-refractivity contribution in [3.63, 3.8) is 0 Å². The van der Waals surface area contributed by atoms with Crippen LogP contribution in [0.4, 0.5) is 5.82 Å². The van der Waals surface area contributed by atoms with E-state index in [2.05, 4.69) is 50.2 Å². The van der Waals surface area contributed by atoms with Gasteiger partial charge >= 0.3 is 0 Å². The molecule has 6 nitrogen and oxygen atoms in total. The Bertz CT molecular complexity index is 733. The zero-order chi connectivity index (χ0) is 18.9. The molecule has 0 saturated carbocycles. The third-order valence-electron chi connectivity index (χ3n) is 4.59. The van der Waals surface area contributed by atoms with Crippen LogP contribution in [0.25, 0.3) is 0 Å². The molecule has 152 valence electrons. The van der Waals surface area contributed by atoms with Crippen molar-refractivity contribution in [2.24, 2.45) is 4.99 Å². The quantitative estimate of drug-likeness (QED) is 0.379. The highest BCUT2D eigenvalue weighted by molar-refractivity contribution is 14.0. The smallest absolute Gasteiger partial charge is 0.194 e. The third kappa shape index (κ3) is 6.25. The second kappa shape index (κ2) is 11.7. The highest BCUT2D eigenvalue weighted by atomic mass is 127. The minimum absolute atomic E-state index is 0. The SMILES string of the molecule is CCCOc1cccc(CNC(=NC)N2CCN(c3ccccn3)CC2)c1.I. The van der Waals surface area contributed by atoms with Crippen LogP contribution in [0.5, 0.6) is 5.75 Å². The fourth-order valence-electron chi connectivity index (χ4n) is 3.17. The molecule has 0 aliphatic carbocycles. The van der Waals surface area contributed by atoms with E-state index in [1.54, 1.807) is 0 Å². The van der Waals surface area contributed by atoms with E-state index in [0.29, 0.717) is 0 Å². The van der Waals surface area contributed by atoms with Crippen LogP contribution in [-0.2, 0) is 6.54 Å². The normalized spacial score (nSPS) is 14.4. The molecular formula is C21H30IN5O. The van der Waals surface area contributed by atoms with Crippen LogP contribution in [0.2, 0.25) is 0 Å². The third-order valence-corrected chi connectivity index (χ3v) is 4.59. The van der Waals surface area contributed by atoms with Gasteiger partial charge in [0.2, 0.25) is 0 Å². The number of piperazine rings is 1. The molecule has 0 radical (unpaired) electrons. The predicted octanol–water partition coefficient (Wildman–Crippen LogP) is 3.39. The molecule has 1 aromatic carbocycles. The average molecular weight is 495 g/mol. The summed E-state index contributed by atoms with van der Waals surface area (Å²) in [7, 11) is 1.84. The van der Waals surface area contributed by atoms with Gasteiger partial charge < -0.3 is 19.9 Å². The van der Waals surface area contributed by atoms with Gasteiger partial charge in [-0.15, -0.1) is 24.0 Å². The lowest BCUT2D eigenvalue weighted by Gasteiger charge is -2.37. The van der Waals surface area contributed by atoms with Gasteiger partial charge in [0, 0.05) is 46.0 Å². The van der Waals surface area contributed by atoms with Gasteiger partial charge in [-0.3, -0.25) is 4.99 Å². The highest BCUT2D eigenvalue weighted by Gasteiger charge is 2.20. The maximum Gasteiger partial charge on any atom is 0.194 e. The first kappa shape index (κ1) is 22.3. The van der Waals surface area contributed by atoms with Crippen LogP contribution in [-0.4, -0.2) is 55.7 Å². The zero-order valence-corrected chi connectivity index (χ0v) is 19.0. The number of benzene rings is 1. The largest absolute Gasteiger partial charge is 0.494 e. The standard InChI is InChI=1S/C21H29N5O.HI/c1-3-15-27-19-8-6-7-18(16-19)17-24-21(22-2)26-13-11-25(12-14-26)20-9-4-5-10-23-20;/h4-10,16H,3,11-15,17H2,1-2H3,(H,22,24);1H. The molecule has 7 heteroatoms. The first-order chi connectivity index (χ1) is 13.3. The number of nitrogens with one attached hydrogen (secondary N) is 1. The maximum atomic E-state index is 5.72. The van der Waals surface area contributed by atoms with Gasteiger partial charge in [-0.05, 0) is 36.2 Å². The lowest BCUT2D eigenvalue weighted by atomic mass is 10.2. The first-order valence-electron chi connectivity index (χ1n) is 9.63. The Morgan fingerprint density at radius 3 is 2.64 bits per heavy atom. The van der Waals surface area contributed by atoms with Crippen LogP contribution in [0.1, 0.15) is 18.9 Å². The van der Waals surface area contributed by atoms with Crippen molar-refractivity contribution in [1.29, 1.82) is 0 Å². The first-order valence-corrected chi connectivity index (χ1v) is 9.63. The van der Waals surface area contributed by atoms with E-state index in [9.17, 15) is 0 Å². The Hall–Kier alpha value is -2.03. The number of aromatic nitrogens is 1. The van der Waals surface area contributed by atoms with E-state index in [1.165, 1.54) is 5.56 Å². The summed E-state index contributed by atoms with van der Waals surface area (Å²) in [5.41, 5.74) is 1.19. The summed E-state index contributed by atoms with van der Waals surface area (Å²) in [4.78, 5) is 13.5. The molecule has 28 heavy (non-hydrogen) atoms. The second-order valence-corrected chi connectivity index (χ2v) is 6.56. The Kier molecular flexibility index (Phi) is 9.33. The average Bonchev–Trinajstić information content (AvgIpc) is 2.74. The number of hydrogen-bond acceptors (Lipinski definition) is 4. The molecule has 0 bridgehead atoms. The Labute approximate surface area is 185 Å². The van der Waals surface area contributed by atoms with Crippen LogP contribution >= 0.6 is 24.0 Å². The number of ether oxygens (including phenoxy) is 1. The zero-order valence-electron chi connectivity index (χ0n) is 16.7. The van der Waals surface area contributed by atoms with E-state index in [4.69, 9.17) is 4.74 Å². The summed E-state index contributed by atoms with van der Waals surface area (Å²) >= 11 is 0. The summed E-state index contributed by atoms with van der Waals surface area (Å²) in [5.74, 6) is 2.91. The van der Waals surface area contributed by atoms with Crippen LogP contribution in [0, 0.1) is 0 Å². The van der Waals surface area contributed by atoms with Crippen molar-refractivity contribution in [3.05, 3.63) is 54.2 Å². The van der Waals surface area contributed by atoms with Gasteiger partial charge in [0.25, 0.3) is 0 Å². The summed E-state index contributed by atoms with van der Waals surface area (Å²) < 4.78 is 5.72. The molecule has 0 spiro atoms. The van der Waals surface area contributed by atoms with Gasteiger partial charge in [0.15, 0.2) is 5.96 Å². The van der Waals surface area contributed by atoms with Crippen LogP contribution < -0.4 is 15.0 Å². The Balaban J connectivity index is 0.00000280. The molecule has 2 aromatic rings. The summed E-state index contributed by atoms with van der Waals surface area (Å²) in [6.45, 7) is 7.33. The van der Waals surface area contributed by atoms with E-state index in [0.717, 1.165) is 63.3 Å². The number of anilines is 1. The van der Waals surface area contributed by atoms with E-state index >= 15 is 0 Å². The van der Waals surface area contributed by atoms with Gasteiger partial charge in [0.1, 0.15) is 11.6 Å². The van der Waals surface area contributed by atoms with Crippen LogP contribution in [0.3, 0.4) is 0 Å². The number of rotatable bonds is 6. The van der Waals surface area contributed by atoms with Crippen molar-refractivity contribution in [2.75, 3.05) is 44.7 Å². The summed E-state index contributed by atoms with van der Waals surface area (Å²) in [6.07, 6.45) is 2.86. The van der Waals surface area contributed by atoms with Gasteiger partial charge in [0.05, 0.1) is 6.61 Å². The molecule has 0 amide bonds. The molecule has 1 aliphatic rings. The minimum Gasteiger partial charge on any atom is -0.494 e. The number of aliphatic imine (C=N–C) groups is 1. The van der Waals surface area contributed by atoms with E-state index < -0.39 is 0 Å². The molecular weight excluding hydrogens is 465 g/mol. The number of nitrogens with zero attached hydrogens (tertiary/aromatic N) is 4. The van der Waals surface area contributed by atoms with Crippen molar-refractivity contribution >= 4 is 35.8 Å². The van der Waals surface area contributed by atoms with Crippen molar-refractivity contribution < 1.29 is 4.74 Å². The Morgan fingerprint density at radius 2 is 1.96 bits per heavy atom. The predicted molar refractivity (Wildman–Crippen MR) is 126 cm³/mol. The van der Waals surface area contributed by atoms with Crippen molar-refractivity contribution in [2.45, 2.75) is 19.9 Å². The molecule has 3 rings (SSSR count). The lowest BCUT2D eigenvalue weighted by molar-refractivity contribution is 0.317. The van der Waals surface area contributed by atoms with Gasteiger partial charge in [-0.25, -0.2) is 4.98 Å². The lowest BCUT2D eigenvalue weighted by Crippen LogP contribution is -2.52. The molecule has 1 aromatic heterocycles. The van der Waals surface area contributed by atoms with Gasteiger partial charge in [-0.1, -0.05) is 25.1 Å². The molecule has 0 unspecified atom stereocenters. The minimum atomic E-state index is 0. The maximum absolute atomic E-state index is 5.72. The highest BCUT2D eigenvalue weighted by Crippen LogP contribution is 2.15. The van der Waals surface area contributed by atoms with Gasteiger partial charge in [-0.2, -0.15) is 0 Å². The van der Waals surface area contributed by atoms with Crippen molar-refractivity contribution in [3.8, 4) is 5.75 Å². The van der Waals surface area contributed by atoms with Crippen LogP contribution in [0.15, 0.2) is 53.7 Å². The molecule has 2 heterocycles. The van der Waals surface area contributed by atoms with Crippen molar-refractivity contribution in [1.82, 2.24) is 15.2 Å². The summed E-state index contributed by atoms with van der Waals surface area (Å²) in [6, 6.07) is 14.3. The fourth-order valence-corrected chi connectivity index (χ4v) is 3.17. The van der Waals surface area contributed by atoms with E-state index in [-0.39, 0.29) is 24.0 Å². The monoisotopic (exact) mass is 495 g/mol. The molecule has 0 atom stereocenters.